The van der Waals surface area contributed by atoms with Crippen LogP contribution in [0.2, 0.25) is 5.02 Å². The normalized spacial score (nSPS) is 13.4. The highest BCUT2D eigenvalue weighted by molar-refractivity contribution is 7.90. The third-order valence-corrected chi connectivity index (χ3v) is 3.41. The van der Waals surface area contributed by atoms with Crippen LogP contribution in [0.15, 0.2) is 18.2 Å². The Hall–Kier alpha value is -0.820. The Kier molecular flexibility index (Phi) is 4.76. The van der Waals surface area contributed by atoms with Crippen molar-refractivity contribution < 1.29 is 13.2 Å². The summed E-state index contributed by atoms with van der Waals surface area (Å²) < 4.78 is 27.7. The lowest BCUT2D eigenvalue weighted by molar-refractivity contribution is 0.402. The van der Waals surface area contributed by atoms with Gasteiger partial charge >= 0.3 is 0 Å². The largest absolute Gasteiger partial charge is 0.496 e. The molecule has 0 saturated carbocycles. The lowest BCUT2D eigenvalue weighted by Crippen LogP contribution is -2.33. The van der Waals surface area contributed by atoms with Crippen LogP contribution in [0.5, 0.6) is 5.75 Å². The van der Waals surface area contributed by atoms with Gasteiger partial charge in [-0.3, -0.25) is 11.3 Å². The van der Waals surface area contributed by atoms with Crippen molar-refractivity contribution in [2.45, 2.75) is 6.04 Å². The van der Waals surface area contributed by atoms with Gasteiger partial charge in [0.05, 0.1) is 18.9 Å². The van der Waals surface area contributed by atoms with Gasteiger partial charge in [0.15, 0.2) is 0 Å². The molecule has 0 aliphatic heterocycles. The molecule has 3 N–H and O–H groups in total. The van der Waals surface area contributed by atoms with Crippen molar-refractivity contribution in [2.75, 3.05) is 19.1 Å². The van der Waals surface area contributed by atoms with Gasteiger partial charge in [0.1, 0.15) is 15.6 Å². The lowest BCUT2D eigenvalue weighted by Gasteiger charge is -2.18. The van der Waals surface area contributed by atoms with Gasteiger partial charge in [-0.1, -0.05) is 11.6 Å². The van der Waals surface area contributed by atoms with E-state index in [1.807, 2.05) is 0 Å². The summed E-state index contributed by atoms with van der Waals surface area (Å²) in [5.74, 6) is 5.79. The van der Waals surface area contributed by atoms with Crippen LogP contribution in [0.4, 0.5) is 0 Å². The molecule has 1 unspecified atom stereocenters. The topological polar surface area (TPSA) is 81.4 Å². The zero-order valence-corrected chi connectivity index (χ0v) is 11.2. The van der Waals surface area contributed by atoms with E-state index in [4.69, 9.17) is 22.2 Å². The summed E-state index contributed by atoms with van der Waals surface area (Å²) in [5.41, 5.74) is 3.08. The van der Waals surface area contributed by atoms with E-state index in [9.17, 15) is 8.42 Å². The van der Waals surface area contributed by atoms with Crippen molar-refractivity contribution in [2.24, 2.45) is 5.84 Å². The molecule has 0 spiro atoms. The summed E-state index contributed by atoms with van der Waals surface area (Å²) in [6.45, 7) is 0. The van der Waals surface area contributed by atoms with Crippen LogP contribution in [-0.2, 0) is 9.84 Å². The summed E-state index contributed by atoms with van der Waals surface area (Å²) in [6.07, 6.45) is 1.15. The van der Waals surface area contributed by atoms with E-state index in [0.717, 1.165) is 6.26 Å². The Bertz CT molecular complexity index is 490. The number of ether oxygens (including phenoxy) is 1. The third-order valence-electron chi connectivity index (χ3n) is 2.24. The SMILES string of the molecule is COc1ccc(Cl)cc1C(CS(C)(=O)=O)NN. The highest BCUT2D eigenvalue weighted by atomic mass is 35.5. The maximum Gasteiger partial charge on any atom is 0.149 e. The number of sulfone groups is 1. The first kappa shape index (κ1) is 14.2. The van der Waals surface area contributed by atoms with Gasteiger partial charge < -0.3 is 4.74 Å². The number of hydrogen-bond acceptors (Lipinski definition) is 5. The summed E-state index contributed by atoms with van der Waals surface area (Å²) >= 11 is 5.87. The van der Waals surface area contributed by atoms with Gasteiger partial charge in [0.2, 0.25) is 0 Å². The molecule has 5 nitrogen and oxygen atoms in total. The molecule has 0 saturated heterocycles. The van der Waals surface area contributed by atoms with Gasteiger partial charge in [-0.25, -0.2) is 8.42 Å². The van der Waals surface area contributed by atoms with Crippen molar-refractivity contribution in [3.05, 3.63) is 28.8 Å². The maximum absolute atomic E-state index is 11.3. The van der Waals surface area contributed by atoms with E-state index in [-0.39, 0.29) is 5.75 Å². The minimum Gasteiger partial charge on any atom is -0.496 e. The van der Waals surface area contributed by atoms with E-state index >= 15 is 0 Å². The first-order valence-corrected chi connectivity index (χ1v) is 7.28. The van der Waals surface area contributed by atoms with E-state index in [2.05, 4.69) is 5.43 Å². The average Bonchev–Trinajstić information content (AvgIpc) is 2.24. The summed E-state index contributed by atoms with van der Waals surface area (Å²) in [4.78, 5) is 0. The zero-order valence-electron chi connectivity index (χ0n) is 9.60. The van der Waals surface area contributed by atoms with Gasteiger partial charge in [-0.2, -0.15) is 0 Å². The minimum absolute atomic E-state index is 0.125. The highest BCUT2D eigenvalue weighted by Crippen LogP contribution is 2.28. The fraction of sp³-hybridized carbons (Fsp3) is 0.400. The van der Waals surface area contributed by atoms with Crippen LogP contribution in [0.1, 0.15) is 11.6 Å². The second-order valence-corrected chi connectivity index (χ2v) is 6.32. The Balaban J connectivity index is 3.14. The first-order valence-electron chi connectivity index (χ1n) is 4.84. The molecule has 0 heterocycles. The molecule has 0 aromatic heterocycles. The molecular formula is C10H15ClN2O3S. The number of halogens is 1. The van der Waals surface area contributed by atoms with Crippen LogP contribution < -0.4 is 16.0 Å². The fourth-order valence-electron chi connectivity index (χ4n) is 1.51. The summed E-state index contributed by atoms with van der Waals surface area (Å²) in [6, 6.07) is 4.41. The fourth-order valence-corrected chi connectivity index (χ4v) is 2.57. The Morgan fingerprint density at radius 1 is 1.53 bits per heavy atom. The van der Waals surface area contributed by atoms with E-state index in [1.54, 1.807) is 18.2 Å². The molecule has 1 aromatic rings. The molecule has 1 rings (SSSR count). The summed E-state index contributed by atoms with van der Waals surface area (Å²) in [7, 11) is -1.66. The predicted octanol–water partition coefficient (Wildman–Crippen LogP) is 0.898. The van der Waals surface area contributed by atoms with Crippen LogP contribution in [-0.4, -0.2) is 27.5 Å². The van der Waals surface area contributed by atoms with Crippen molar-refractivity contribution in [3.63, 3.8) is 0 Å². The van der Waals surface area contributed by atoms with Crippen molar-refractivity contribution >= 4 is 21.4 Å². The molecule has 0 radical (unpaired) electrons. The van der Waals surface area contributed by atoms with Gasteiger partial charge in [0, 0.05) is 16.8 Å². The Morgan fingerprint density at radius 2 is 2.18 bits per heavy atom. The number of nitrogens with one attached hydrogen (secondary N) is 1. The second-order valence-electron chi connectivity index (χ2n) is 3.70. The van der Waals surface area contributed by atoms with E-state index in [1.165, 1.54) is 7.11 Å². The second kappa shape index (κ2) is 5.68. The molecule has 0 bridgehead atoms. The predicted molar refractivity (Wildman–Crippen MR) is 67.8 cm³/mol. The van der Waals surface area contributed by atoms with Crippen LogP contribution >= 0.6 is 11.6 Å². The van der Waals surface area contributed by atoms with E-state index < -0.39 is 15.9 Å². The third kappa shape index (κ3) is 4.16. The van der Waals surface area contributed by atoms with Crippen LogP contribution in [0, 0.1) is 0 Å². The lowest BCUT2D eigenvalue weighted by atomic mass is 10.1. The van der Waals surface area contributed by atoms with Crippen molar-refractivity contribution in [3.8, 4) is 5.75 Å². The number of benzene rings is 1. The molecule has 1 atom stereocenters. The van der Waals surface area contributed by atoms with Crippen LogP contribution in [0.3, 0.4) is 0 Å². The van der Waals surface area contributed by atoms with Gasteiger partial charge in [-0.15, -0.1) is 0 Å². The molecule has 0 aliphatic rings. The molecular weight excluding hydrogens is 264 g/mol. The molecule has 0 fully saturated rings. The Labute approximate surface area is 106 Å². The van der Waals surface area contributed by atoms with Crippen molar-refractivity contribution in [1.29, 1.82) is 0 Å². The molecule has 17 heavy (non-hydrogen) atoms. The molecule has 96 valence electrons. The molecule has 0 aliphatic carbocycles. The molecule has 7 heteroatoms. The van der Waals surface area contributed by atoms with Gasteiger partial charge in [-0.05, 0) is 18.2 Å². The van der Waals surface area contributed by atoms with E-state index in [0.29, 0.717) is 16.3 Å². The highest BCUT2D eigenvalue weighted by Gasteiger charge is 2.20. The molecule has 0 amide bonds. The minimum atomic E-state index is -3.16. The summed E-state index contributed by atoms with van der Waals surface area (Å²) in [5, 5.41) is 0.495. The van der Waals surface area contributed by atoms with Crippen molar-refractivity contribution in [1.82, 2.24) is 5.43 Å². The average molecular weight is 279 g/mol. The Morgan fingerprint density at radius 3 is 2.65 bits per heavy atom. The standard InChI is InChI=1S/C10H15ClN2O3S/c1-16-10-4-3-7(11)5-8(10)9(13-12)6-17(2,14)15/h3-5,9,13H,6,12H2,1-2H3. The number of rotatable bonds is 5. The smallest absolute Gasteiger partial charge is 0.149 e. The number of methoxy groups -OCH3 is 1. The number of nitrogens with two attached hydrogens (primary N) is 1. The number of hydrazine groups is 1. The first-order chi connectivity index (χ1) is 7.87. The maximum atomic E-state index is 11.3. The number of hydrogen-bond donors (Lipinski definition) is 2. The quantitative estimate of drug-likeness (QED) is 0.618. The zero-order chi connectivity index (χ0) is 13.1. The van der Waals surface area contributed by atoms with Gasteiger partial charge in [0.25, 0.3) is 0 Å². The molecule has 1 aromatic carbocycles. The monoisotopic (exact) mass is 278 g/mol. The van der Waals surface area contributed by atoms with Crippen LogP contribution in [0.25, 0.3) is 0 Å².